The van der Waals surface area contributed by atoms with E-state index in [0.717, 1.165) is 5.69 Å². The minimum Gasteiger partial charge on any atom is -0.481 e. The van der Waals surface area contributed by atoms with Gasteiger partial charge in [-0.2, -0.15) is 0 Å². The number of hydrogen-bond acceptors (Lipinski definition) is 4. The third kappa shape index (κ3) is 5.62. The first kappa shape index (κ1) is 26.3. The predicted octanol–water partition coefficient (Wildman–Crippen LogP) is 5.40. The summed E-state index contributed by atoms with van der Waals surface area (Å²) in [6.07, 6.45) is 0.556. The largest absolute Gasteiger partial charge is 0.481 e. The van der Waals surface area contributed by atoms with E-state index in [1.165, 1.54) is 0 Å². The lowest BCUT2D eigenvalue weighted by molar-refractivity contribution is -0.139. The summed E-state index contributed by atoms with van der Waals surface area (Å²) in [6.45, 7) is 2.20. The van der Waals surface area contributed by atoms with Crippen molar-refractivity contribution in [3.63, 3.8) is 0 Å². The molecule has 0 fully saturated rings. The van der Waals surface area contributed by atoms with Gasteiger partial charge in [0.05, 0.1) is 17.5 Å². The summed E-state index contributed by atoms with van der Waals surface area (Å²) < 4.78 is 1.83. The van der Waals surface area contributed by atoms with Crippen molar-refractivity contribution in [3.8, 4) is 0 Å². The number of carbonyl (C=O) groups is 4. The molecule has 2 heterocycles. The number of fused-ring (bicyclic) bond motifs is 1. The number of hydrogen-bond donors (Lipinski definition) is 2. The van der Waals surface area contributed by atoms with Gasteiger partial charge in [0, 0.05) is 28.9 Å². The zero-order valence-electron chi connectivity index (χ0n) is 20.8. The van der Waals surface area contributed by atoms with Crippen molar-refractivity contribution in [1.82, 2.24) is 4.57 Å². The van der Waals surface area contributed by atoms with Crippen LogP contribution in [0.5, 0.6) is 0 Å². The van der Waals surface area contributed by atoms with Crippen molar-refractivity contribution in [2.45, 2.75) is 31.7 Å². The summed E-state index contributed by atoms with van der Waals surface area (Å²) in [5, 5.41) is 18.1. The Balaban J connectivity index is 0.000000177. The van der Waals surface area contributed by atoms with Crippen LogP contribution in [-0.4, -0.2) is 38.3 Å². The van der Waals surface area contributed by atoms with Gasteiger partial charge in [-0.25, -0.2) is 0 Å². The van der Waals surface area contributed by atoms with Crippen molar-refractivity contribution in [2.75, 3.05) is 0 Å². The van der Waals surface area contributed by atoms with Crippen LogP contribution in [0.2, 0.25) is 0 Å². The van der Waals surface area contributed by atoms with E-state index in [2.05, 4.69) is 0 Å². The minimum absolute atomic E-state index is 0.0575. The smallest absolute Gasteiger partial charge is 0.312 e. The number of ketones is 2. The van der Waals surface area contributed by atoms with Gasteiger partial charge in [-0.05, 0) is 37.1 Å². The fraction of sp³-hybridized carbons (Fsp3) is 0.161. The molecule has 4 aromatic rings. The molecule has 2 N–H and O–H groups in total. The second-order valence-electron chi connectivity index (χ2n) is 9.05. The van der Waals surface area contributed by atoms with Gasteiger partial charge in [0.25, 0.3) is 0 Å². The van der Waals surface area contributed by atoms with Crippen LogP contribution in [0.1, 0.15) is 68.4 Å². The summed E-state index contributed by atoms with van der Waals surface area (Å²) in [7, 11) is 0. The molecule has 1 aliphatic heterocycles. The SMILES string of the molecule is CC(C(=O)O)c1cccc(C(=O)c2ccccc2)c1.O=C(c1ccccc1)c1ccc2n1CCC2C(=O)O. The average Bonchev–Trinajstić information content (AvgIpc) is 3.56. The maximum absolute atomic E-state index is 12.4. The minimum atomic E-state index is -0.899. The third-order valence-corrected chi connectivity index (χ3v) is 6.63. The quantitative estimate of drug-likeness (QED) is 0.323. The lowest BCUT2D eigenvalue weighted by atomic mass is 9.96. The van der Waals surface area contributed by atoms with Gasteiger partial charge in [0.1, 0.15) is 0 Å². The van der Waals surface area contributed by atoms with E-state index >= 15 is 0 Å². The molecule has 1 aromatic heterocycles. The molecule has 7 heteroatoms. The van der Waals surface area contributed by atoms with Gasteiger partial charge >= 0.3 is 11.9 Å². The van der Waals surface area contributed by atoms with Gasteiger partial charge in [-0.1, -0.05) is 78.9 Å². The van der Waals surface area contributed by atoms with E-state index in [-0.39, 0.29) is 11.6 Å². The molecule has 0 radical (unpaired) electrons. The Morgan fingerprint density at radius 2 is 1.32 bits per heavy atom. The highest BCUT2D eigenvalue weighted by atomic mass is 16.4. The van der Waals surface area contributed by atoms with Crippen LogP contribution in [0.25, 0.3) is 0 Å². The number of carbonyl (C=O) groups excluding carboxylic acids is 2. The molecule has 0 bridgehead atoms. The topological polar surface area (TPSA) is 114 Å². The van der Waals surface area contributed by atoms with Crippen molar-refractivity contribution in [3.05, 3.63) is 131 Å². The third-order valence-electron chi connectivity index (χ3n) is 6.63. The van der Waals surface area contributed by atoms with Crippen LogP contribution < -0.4 is 0 Å². The van der Waals surface area contributed by atoms with Crippen LogP contribution in [0.4, 0.5) is 0 Å². The summed E-state index contributed by atoms with van der Waals surface area (Å²) >= 11 is 0. The molecule has 0 saturated heterocycles. The van der Waals surface area contributed by atoms with Crippen LogP contribution in [-0.2, 0) is 16.1 Å². The van der Waals surface area contributed by atoms with E-state index in [4.69, 9.17) is 10.2 Å². The van der Waals surface area contributed by atoms with E-state index in [9.17, 15) is 19.2 Å². The summed E-state index contributed by atoms with van der Waals surface area (Å²) in [5.74, 6) is -2.99. The van der Waals surface area contributed by atoms with E-state index in [0.29, 0.717) is 40.9 Å². The number of carboxylic acids is 2. The van der Waals surface area contributed by atoms with E-state index in [1.807, 2.05) is 28.8 Å². The second kappa shape index (κ2) is 11.5. The monoisotopic (exact) mass is 509 g/mol. The zero-order chi connectivity index (χ0) is 27.2. The lowest BCUT2D eigenvalue weighted by Gasteiger charge is -2.08. The van der Waals surface area contributed by atoms with Crippen LogP contribution in [0.3, 0.4) is 0 Å². The van der Waals surface area contributed by atoms with Crippen molar-refractivity contribution >= 4 is 23.5 Å². The Bertz CT molecular complexity index is 1470. The molecule has 38 heavy (non-hydrogen) atoms. The second-order valence-corrected chi connectivity index (χ2v) is 9.05. The van der Waals surface area contributed by atoms with Gasteiger partial charge in [0.2, 0.25) is 5.78 Å². The highest BCUT2D eigenvalue weighted by Gasteiger charge is 2.31. The molecule has 2 unspecified atom stereocenters. The Labute approximate surface area is 220 Å². The molecule has 0 aliphatic carbocycles. The number of benzene rings is 3. The maximum Gasteiger partial charge on any atom is 0.312 e. The van der Waals surface area contributed by atoms with Crippen molar-refractivity contribution in [1.29, 1.82) is 0 Å². The summed E-state index contributed by atoms with van der Waals surface area (Å²) in [5.41, 5.74) is 3.67. The highest BCUT2D eigenvalue weighted by molar-refractivity contribution is 6.09. The highest BCUT2D eigenvalue weighted by Crippen LogP contribution is 2.31. The van der Waals surface area contributed by atoms with Gasteiger partial charge in [-0.3, -0.25) is 19.2 Å². The molecule has 7 nitrogen and oxygen atoms in total. The first-order valence-corrected chi connectivity index (χ1v) is 12.2. The molecular formula is C31H27NO6. The standard InChI is InChI=1S/C16H14O3.C15H13NO3/c1-11(16(18)19)13-8-5-9-14(10-13)15(17)12-6-3-2-4-7-12;17-14(10-4-2-1-3-5-10)13-7-6-12-11(15(18)19)8-9-16(12)13/h2-11H,1H3,(H,18,19);1-7,11H,8-9H2,(H,18,19). The Hall–Kier alpha value is -4.78. The molecule has 5 rings (SSSR count). The van der Waals surface area contributed by atoms with E-state index < -0.39 is 23.8 Å². The first-order valence-electron chi connectivity index (χ1n) is 12.2. The van der Waals surface area contributed by atoms with E-state index in [1.54, 1.807) is 79.7 Å². The number of rotatable bonds is 7. The van der Waals surface area contributed by atoms with Crippen molar-refractivity contribution in [2.24, 2.45) is 0 Å². The van der Waals surface area contributed by atoms with Gasteiger partial charge < -0.3 is 14.8 Å². The molecule has 0 saturated carbocycles. The molecular weight excluding hydrogens is 482 g/mol. The van der Waals surface area contributed by atoms with Gasteiger partial charge in [0.15, 0.2) is 5.78 Å². The Morgan fingerprint density at radius 3 is 1.89 bits per heavy atom. The Morgan fingerprint density at radius 1 is 0.737 bits per heavy atom. The lowest BCUT2D eigenvalue weighted by Crippen LogP contribution is -2.09. The van der Waals surface area contributed by atoms with Crippen molar-refractivity contribution < 1.29 is 29.4 Å². The maximum atomic E-state index is 12.4. The summed E-state index contributed by atoms with van der Waals surface area (Å²) in [6, 6.07) is 28.2. The van der Waals surface area contributed by atoms with Crippen LogP contribution in [0, 0.1) is 0 Å². The molecule has 192 valence electrons. The fourth-order valence-corrected chi connectivity index (χ4v) is 4.48. The number of nitrogens with zero attached hydrogens (tertiary/aromatic N) is 1. The van der Waals surface area contributed by atoms with Crippen LogP contribution >= 0.6 is 0 Å². The molecule has 0 amide bonds. The molecule has 0 spiro atoms. The average molecular weight is 510 g/mol. The molecule has 2 atom stereocenters. The first-order chi connectivity index (χ1) is 18.3. The normalized spacial score (nSPS) is 14.5. The number of aliphatic carboxylic acids is 2. The van der Waals surface area contributed by atoms with Crippen LogP contribution in [0.15, 0.2) is 97.1 Å². The summed E-state index contributed by atoms with van der Waals surface area (Å²) in [4.78, 5) is 46.7. The van der Waals surface area contributed by atoms with Gasteiger partial charge in [-0.15, -0.1) is 0 Å². The predicted molar refractivity (Wildman–Crippen MR) is 142 cm³/mol. The number of carboxylic acid groups (broad SMARTS) is 2. The zero-order valence-corrected chi connectivity index (χ0v) is 20.8. The molecule has 3 aromatic carbocycles. The Kier molecular flexibility index (Phi) is 7.97. The fourth-order valence-electron chi connectivity index (χ4n) is 4.48. The molecule has 1 aliphatic rings. The number of aromatic nitrogens is 1.